The highest BCUT2D eigenvalue weighted by Gasteiger charge is 2.43. The van der Waals surface area contributed by atoms with Gasteiger partial charge in [0.2, 0.25) is 0 Å². The smallest absolute Gasteiger partial charge is 0.277 e. The quantitative estimate of drug-likeness (QED) is 0.335. The highest BCUT2D eigenvalue weighted by Crippen LogP contribution is 2.42. The second-order valence-corrected chi connectivity index (χ2v) is 12.1. The van der Waals surface area contributed by atoms with E-state index in [0.717, 1.165) is 17.4 Å². The first-order valence-corrected chi connectivity index (χ1v) is 15.2. The molecule has 220 valence electrons. The van der Waals surface area contributed by atoms with E-state index in [9.17, 15) is 8.42 Å². The van der Waals surface area contributed by atoms with E-state index in [1.165, 1.54) is 29.1 Å². The van der Waals surface area contributed by atoms with Gasteiger partial charge in [-0.2, -0.15) is 17.8 Å². The third-order valence-electron chi connectivity index (χ3n) is 7.60. The SMILES string of the molecule is NS(=O)(=O)N1CCC(F)C1c1cc(Cl)cc(-c2cn(-c3ccc(N4CCNCC4)c(F)c3)nc2-c2ccncc2)c1F. The largest absolute Gasteiger partial charge is 0.367 e. The average Bonchev–Trinajstić information content (AvgIpc) is 3.59. The lowest BCUT2D eigenvalue weighted by Gasteiger charge is -2.29. The number of nitrogens with zero attached hydrogens (tertiary/aromatic N) is 5. The Labute approximate surface area is 245 Å². The Bertz CT molecular complexity index is 1730. The predicted octanol–water partition coefficient (Wildman–Crippen LogP) is 4.23. The van der Waals surface area contributed by atoms with Crippen molar-refractivity contribution in [3.63, 3.8) is 0 Å². The number of benzene rings is 2. The van der Waals surface area contributed by atoms with E-state index < -0.39 is 34.1 Å². The second kappa shape index (κ2) is 11.3. The Morgan fingerprint density at radius 1 is 1.00 bits per heavy atom. The molecule has 2 aromatic carbocycles. The first-order chi connectivity index (χ1) is 20.1. The third kappa shape index (κ3) is 5.38. The van der Waals surface area contributed by atoms with Crippen LogP contribution in [0.1, 0.15) is 18.0 Å². The molecule has 0 saturated carbocycles. The number of rotatable bonds is 6. The summed E-state index contributed by atoms with van der Waals surface area (Å²) in [5, 5.41) is 13.3. The van der Waals surface area contributed by atoms with Crippen LogP contribution in [-0.4, -0.2) is 66.4 Å². The van der Waals surface area contributed by atoms with Crippen LogP contribution < -0.4 is 15.4 Å². The molecule has 14 heteroatoms. The van der Waals surface area contributed by atoms with Gasteiger partial charge < -0.3 is 10.2 Å². The highest BCUT2D eigenvalue weighted by atomic mass is 35.5. The van der Waals surface area contributed by atoms with Gasteiger partial charge in [-0.1, -0.05) is 11.6 Å². The maximum absolute atomic E-state index is 16.3. The molecule has 4 heterocycles. The van der Waals surface area contributed by atoms with E-state index in [1.54, 1.807) is 36.7 Å². The van der Waals surface area contributed by atoms with Crippen LogP contribution in [-0.2, 0) is 10.2 Å². The number of halogens is 4. The summed E-state index contributed by atoms with van der Waals surface area (Å²) in [6.45, 7) is 2.67. The average molecular weight is 618 g/mol. The van der Waals surface area contributed by atoms with E-state index in [1.807, 2.05) is 4.90 Å². The predicted molar refractivity (Wildman–Crippen MR) is 154 cm³/mol. The number of alkyl halides is 1. The normalized spacial score (nSPS) is 19.9. The van der Waals surface area contributed by atoms with Gasteiger partial charge in [0, 0.05) is 84.7 Å². The van der Waals surface area contributed by atoms with Crippen molar-refractivity contribution in [2.24, 2.45) is 5.14 Å². The number of pyridine rings is 1. The standard InChI is InChI=1S/C28H27ClF3N7O2S/c29-18-13-20(26(32)21(14-18)28-23(30)5-10-39(28)42(33,40)41)22-16-38(36-27(22)17-3-6-34-7-4-17)19-1-2-25(24(31)15-19)37-11-8-35-9-12-37/h1-4,6-7,13-16,23,28,35H,5,8-12H2,(H2,33,40,41). The summed E-state index contributed by atoms with van der Waals surface area (Å²) < 4.78 is 73.2. The maximum atomic E-state index is 16.3. The van der Waals surface area contributed by atoms with Crippen molar-refractivity contribution in [1.29, 1.82) is 0 Å². The van der Waals surface area contributed by atoms with Gasteiger partial charge in [0.05, 0.1) is 17.4 Å². The molecule has 2 aromatic heterocycles. The van der Waals surface area contributed by atoms with Gasteiger partial charge >= 0.3 is 0 Å². The highest BCUT2D eigenvalue weighted by molar-refractivity contribution is 7.86. The van der Waals surface area contributed by atoms with Crippen molar-refractivity contribution in [2.45, 2.75) is 18.6 Å². The lowest BCUT2D eigenvalue weighted by molar-refractivity contribution is 0.257. The zero-order chi connectivity index (χ0) is 29.6. The molecule has 2 aliphatic heterocycles. The number of nitrogens with two attached hydrogens (primary N) is 1. The first kappa shape index (κ1) is 28.6. The summed E-state index contributed by atoms with van der Waals surface area (Å²) in [6.07, 6.45) is 2.81. The molecule has 4 aromatic rings. The zero-order valence-electron chi connectivity index (χ0n) is 22.2. The van der Waals surface area contributed by atoms with Crippen LogP contribution in [0.15, 0.2) is 61.1 Å². The molecule has 9 nitrogen and oxygen atoms in total. The Hall–Kier alpha value is -3.49. The molecule has 2 fully saturated rings. The van der Waals surface area contributed by atoms with Crippen LogP contribution >= 0.6 is 11.6 Å². The zero-order valence-corrected chi connectivity index (χ0v) is 23.8. The van der Waals surface area contributed by atoms with Gasteiger partial charge in [-0.05, 0) is 42.8 Å². The molecule has 0 radical (unpaired) electrons. The van der Waals surface area contributed by atoms with Crippen molar-refractivity contribution >= 4 is 27.5 Å². The van der Waals surface area contributed by atoms with Crippen molar-refractivity contribution in [1.82, 2.24) is 24.4 Å². The van der Waals surface area contributed by atoms with E-state index in [-0.39, 0.29) is 34.7 Å². The Kier molecular flexibility index (Phi) is 7.70. The van der Waals surface area contributed by atoms with Crippen molar-refractivity contribution in [2.75, 3.05) is 37.6 Å². The molecule has 0 bridgehead atoms. The molecular formula is C28H27ClF3N7O2S. The lowest BCUT2D eigenvalue weighted by atomic mass is 9.95. The number of hydrogen-bond donors (Lipinski definition) is 2. The molecule has 42 heavy (non-hydrogen) atoms. The van der Waals surface area contributed by atoms with Crippen molar-refractivity contribution in [3.05, 3.63) is 83.3 Å². The van der Waals surface area contributed by atoms with Gasteiger partial charge in [0.1, 0.15) is 23.5 Å². The van der Waals surface area contributed by atoms with Crippen LogP contribution in [0.5, 0.6) is 0 Å². The van der Waals surface area contributed by atoms with Gasteiger partial charge in [-0.15, -0.1) is 0 Å². The van der Waals surface area contributed by atoms with E-state index >= 15 is 13.2 Å². The summed E-state index contributed by atoms with van der Waals surface area (Å²) in [6, 6.07) is 9.24. The number of anilines is 1. The fraction of sp³-hybridized carbons (Fsp3) is 0.286. The molecular weight excluding hydrogens is 591 g/mol. The number of aromatic nitrogens is 3. The molecule has 0 amide bonds. The second-order valence-electron chi connectivity index (χ2n) is 10.2. The summed E-state index contributed by atoms with van der Waals surface area (Å²) in [5.41, 5.74) is 1.82. The topological polar surface area (TPSA) is 109 Å². The molecule has 2 aliphatic rings. The van der Waals surface area contributed by atoms with Gasteiger partial charge in [-0.3, -0.25) is 4.98 Å². The van der Waals surface area contributed by atoms with E-state index in [2.05, 4.69) is 15.4 Å². The maximum Gasteiger partial charge on any atom is 0.277 e. The van der Waals surface area contributed by atoms with Crippen LogP contribution in [0, 0.1) is 11.6 Å². The molecule has 2 unspecified atom stereocenters. The molecule has 2 saturated heterocycles. The minimum Gasteiger partial charge on any atom is -0.367 e. The number of nitrogens with one attached hydrogen (secondary N) is 1. The Morgan fingerprint density at radius 2 is 1.74 bits per heavy atom. The van der Waals surface area contributed by atoms with E-state index in [0.29, 0.717) is 35.7 Å². The van der Waals surface area contributed by atoms with Gasteiger partial charge in [-0.25, -0.2) is 23.0 Å². The van der Waals surface area contributed by atoms with Crippen LogP contribution in [0.3, 0.4) is 0 Å². The minimum absolute atomic E-state index is 0.0260. The monoisotopic (exact) mass is 617 g/mol. The fourth-order valence-electron chi connectivity index (χ4n) is 5.61. The first-order valence-electron chi connectivity index (χ1n) is 13.3. The summed E-state index contributed by atoms with van der Waals surface area (Å²) in [7, 11) is -4.32. The van der Waals surface area contributed by atoms with Crippen LogP contribution in [0.2, 0.25) is 5.02 Å². The third-order valence-corrected chi connectivity index (χ3v) is 8.88. The van der Waals surface area contributed by atoms with Crippen molar-refractivity contribution in [3.8, 4) is 28.1 Å². The Balaban J connectivity index is 1.48. The van der Waals surface area contributed by atoms with E-state index in [4.69, 9.17) is 16.7 Å². The summed E-state index contributed by atoms with van der Waals surface area (Å²) >= 11 is 6.41. The number of piperazine rings is 1. The Morgan fingerprint density at radius 3 is 2.43 bits per heavy atom. The number of hydrogen-bond acceptors (Lipinski definition) is 6. The molecule has 6 rings (SSSR count). The van der Waals surface area contributed by atoms with Crippen LogP contribution in [0.25, 0.3) is 28.1 Å². The minimum atomic E-state index is -4.32. The lowest BCUT2D eigenvalue weighted by Crippen LogP contribution is -2.43. The molecule has 2 atom stereocenters. The fourth-order valence-corrected chi connectivity index (χ4v) is 6.76. The van der Waals surface area contributed by atoms with Gasteiger partial charge in [0.25, 0.3) is 10.2 Å². The molecule has 3 N–H and O–H groups in total. The van der Waals surface area contributed by atoms with Crippen molar-refractivity contribution < 1.29 is 21.6 Å². The summed E-state index contributed by atoms with van der Waals surface area (Å²) in [4.78, 5) is 6.00. The molecule has 0 spiro atoms. The molecule has 0 aliphatic carbocycles. The van der Waals surface area contributed by atoms with Gasteiger partial charge in [0.15, 0.2) is 0 Å². The van der Waals surface area contributed by atoms with Crippen LogP contribution in [0.4, 0.5) is 18.9 Å². The summed E-state index contributed by atoms with van der Waals surface area (Å²) in [5.74, 6) is -1.29.